The summed E-state index contributed by atoms with van der Waals surface area (Å²) in [6.07, 6.45) is 5.39. The number of benzene rings is 1. The average molecular weight is 473 g/mol. The fraction of sp³-hybridized carbons (Fsp3) is 0.182. The van der Waals surface area contributed by atoms with Crippen molar-refractivity contribution in [3.05, 3.63) is 74.8 Å². The number of aromatic nitrogens is 2. The zero-order chi connectivity index (χ0) is 21.8. The minimum Gasteiger partial charge on any atom is -0.329 e. The fourth-order valence-electron chi connectivity index (χ4n) is 3.25. The molecule has 0 radical (unpaired) electrons. The van der Waals surface area contributed by atoms with Gasteiger partial charge in [-0.25, -0.2) is 9.97 Å². The smallest absolute Gasteiger partial charge is 0.312 e. The molecule has 1 fully saturated rings. The highest BCUT2D eigenvalue weighted by Crippen LogP contribution is 2.23. The second-order valence-corrected chi connectivity index (χ2v) is 9.01. The van der Waals surface area contributed by atoms with Crippen molar-refractivity contribution in [2.75, 3.05) is 19.6 Å². The van der Waals surface area contributed by atoms with Gasteiger partial charge < -0.3 is 9.80 Å². The van der Waals surface area contributed by atoms with Crippen LogP contribution in [0.25, 0.3) is 17.3 Å². The molecule has 158 valence electrons. The van der Waals surface area contributed by atoms with Gasteiger partial charge in [0.15, 0.2) is 0 Å². The Balaban J connectivity index is 1.34. The van der Waals surface area contributed by atoms with Gasteiger partial charge in [0.25, 0.3) is 0 Å². The number of carbonyl (C=O) groups is 2. The molecular weight excluding hydrogens is 455 g/mol. The Bertz CT molecular complexity index is 1130. The number of halogens is 2. The van der Waals surface area contributed by atoms with Crippen LogP contribution in [0.3, 0.4) is 0 Å². The van der Waals surface area contributed by atoms with Crippen molar-refractivity contribution in [1.29, 1.82) is 0 Å². The molecule has 4 rings (SSSR count). The summed E-state index contributed by atoms with van der Waals surface area (Å²) in [7, 11) is 0. The van der Waals surface area contributed by atoms with Crippen molar-refractivity contribution < 1.29 is 9.59 Å². The molecule has 1 aromatic carbocycles. The molecule has 0 atom stereocenters. The third kappa shape index (κ3) is 5.31. The third-order valence-corrected chi connectivity index (χ3v) is 6.23. The molecular formula is C22H18Cl2N4O2S. The standard InChI is InChI=1S/C22H18Cl2N4O2S/c23-19-8-7-17(31-19)2-1-11-27-12-13-28(21(30)20(27)29)14-15-3-5-16(6-4-15)18-9-10-25-22(24)26-18/h1-10H,11-14H2. The molecule has 0 aliphatic carbocycles. The van der Waals surface area contributed by atoms with E-state index in [1.54, 1.807) is 22.1 Å². The third-order valence-electron chi connectivity index (χ3n) is 4.85. The summed E-state index contributed by atoms with van der Waals surface area (Å²) < 4.78 is 0.716. The lowest BCUT2D eigenvalue weighted by atomic mass is 10.1. The lowest BCUT2D eigenvalue weighted by Gasteiger charge is -2.33. The summed E-state index contributed by atoms with van der Waals surface area (Å²) in [6, 6.07) is 13.2. The number of thiophene rings is 1. The SMILES string of the molecule is O=C1C(=O)N(Cc2ccc(-c3ccnc(Cl)n3)cc2)CCN1CC=Cc1ccc(Cl)s1. The highest BCUT2D eigenvalue weighted by atomic mass is 35.5. The van der Waals surface area contributed by atoms with Gasteiger partial charge in [-0.15, -0.1) is 11.3 Å². The molecule has 2 amide bonds. The predicted molar refractivity (Wildman–Crippen MR) is 123 cm³/mol. The van der Waals surface area contributed by atoms with Crippen molar-refractivity contribution in [3.63, 3.8) is 0 Å². The van der Waals surface area contributed by atoms with Crippen LogP contribution in [0.2, 0.25) is 9.62 Å². The highest BCUT2D eigenvalue weighted by Gasteiger charge is 2.31. The van der Waals surface area contributed by atoms with Crippen molar-refractivity contribution in [3.8, 4) is 11.3 Å². The van der Waals surface area contributed by atoms with Crippen molar-refractivity contribution in [2.24, 2.45) is 0 Å². The van der Waals surface area contributed by atoms with Crippen molar-refractivity contribution in [2.45, 2.75) is 6.54 Å². The molecule has 3 heterocycles. The minimum atomic E-state index is -0.481. The van der Waals surface area contributed by atoms with Crippen LogP contribution in [0.4, 0.5) is 0 Å². The Morgan fingerprint density at radius 3 is 2.42 bits per heavy atom. The maximum Gasteiger partial charge on any atom is 0.312 e. The molecule has 0 bridgehead atoms. The summed E-state index contributed by atoms with van der Waals surface area (Å²) in [4.78, 5) is 37.3. The Labute approximate surface area is 193 Å². The highest BCUT2D eigenvalue weighted by molar-refractivity contribution is 7.16. The molecule has 1 aliphatic rings. The first-order chi connectivity index (χ1) is 15.0. The number of amides is 2. The van der Waals surface area contributed by atoms with Crippen LogP contribution in [0.1, 0.15) is 10.4 Å². The van der Waals surface area contributed by atoms with E-state index >= 15 is 0 Å². The van der Waals surface area contributed by atoms with Gasteiger partial charge in [-0.1, -0.05) is 41.9 Å². The van der Waals surface area contributed by atoms with E-state index in [0.717, 1.165) is 21.7 Å². The number of rotatable bonds is 6. The van der Waals surface area contributed by atoms with Gasteiger partial charge >= 0.3 is 11.8 Å². The Hall–Kier alpha value is -2.74. The lowest BCUT2D eigenvalue weighted by molar-refractivity contribution is -0.156. The average Bonchev–Trinajstić information content (AvgIpc) is 3.18. The van der Waals surface area contributed by atoms with Gasteiger partial charge in [0.05, 0.1) is 10.0 Å². The quantitative estimate of drug-likeness (QED) is 0.393. The number of piperazine rings is 1. The first-order valence-electron chi connectivity index (χ1n) is 9.57. The molecule has 0 saturated carbocycles. The number of carbonyl (C=O) groups excluding carboxylic acids is 2. The van der Waals surface area contributed by atoms with Gasteiger partial charge in [-0.2, -0.15) is 0 Å². The van der Waals surface area contributed by atoms with E-state index in [4.69, 9.17) is 23.2 Å². The van der Waals surface area contributed by atoms with Crippen LogP contribution >= 0.6 is 34.5 Å². The van der Waals surface area contributed by atoms with E-state index in [1.807, 2.05) is 48.6 Å². The summed E-state index contributed by atoms with van der Waals surface area (Å²) in [5.74, 6) is -0.960. The second-order valence-electron chi connectivity index (χ2n) is 6.93. The van der Waals surface area contributed by atoms with Gasteiger partial charge in [-0.3, -0.25) is 9.59 Å². The van der Waals surface area contributed by atoms with Crippen LogP contribution in [-0.4, -0.2) is 51.2 Å². The fourth-order valence-corrected chi connectivity index (χ4v) is 4.39. The van der Waals surface area contributed by atoms with Crippen LogP contribution in [0, 0.1) is 0 Å². The molecule has 0 spiro atoms. The molecule has 31 heavy (non-hydrogen) atoms. The molecule has 0 unspecified atom stereocenters. The van der Waals surface area contributed by atoms with Crippen LogP contribution in [-0.2, 0) is 16.1 Å². The van der Waals surface area contributed by atoms with Crippen molar-refractivity contribution >= 4 is 52.4 Å². The van der Waals surface area contributed by atoms with E-state index < -0.39 is 11.8 Å². The van der Waals surface area contributed by atoms with E-state index in [9.17, 15) is 9.59 Å². The zero-order valence-electron chi connectivity index (χ0n) is 16.4. The maximum atomic E-state index is 12.6. The topological polar surface area (TPSA) is 66.4 Å². The molecule has 1 aliphatic heterocycles. The van der Waals surface area contributed by atoms with Gasteiger partial charge in [0.1, 0.15) is 0 Å². The monoisotopic (exact) mass is 472 g/mol. The van der Waals surface area contributed by atoms with E-state index in [2.05, 4.69) is 9.97 Å². The van der Waals surface area contributed by atoms with Crippen LogP contribution in [0.5, 0.6) is 0 Å². The van der Waals surface area contributed by atoms with Crippen LogP contribution in [0.15, 0.2) is 54.7 Å². The molecule has 1 saturated heterocycles. The summed E-state index contributed by atoms with van der Waals surface area (Å²) in [5.41, 5.74) is 2.57. The largest absolute Gasteiger partial charge is 0.329 e. The molecule has 0 N–H and O–H groups in total. The predicted octanol–water partition coefficient (Wildman–Crippen LogP) is 4.40. The lowest BCUT2D eigenvalue weighted by Crippen LogP contribution is -2.53. The first-order valence-corrected chi connectivity index (χ1v) is 11.1. The minimum absolute atomic E-state index is 0.192. The van der Waals surface area contributed by atoms with E-state index in [0.29, 0.717) is 30.5 Å². The van der Waals surface area contributed by atoms with E-state index in [1.165, 1.54) is 11.3 Å². The van der Waals surface area contributed by atoms with Crippen LogP contribution < -0.4 is 0 Å². The molecule has 6 nitrogen and oxygen atoms in total. The normalized spacial score (nSPS) is 14.6. The Morgan fingerprint density at radius 1 is 0.968 bits per heavy atom. The molecule has 2 aromatic heterocycles. The first kappa shape index (κ1) is 21.5. The molecule has 9 heteroatoms. The summed E-state index contributed by atoms with van der Waals surface area (Å²) >= 11 is 13.2. The number of nitrogens with zero attached hydrogens (tertiary/aromatic N) is 4. The molecule has 3 aromatic rings. The van der Waals surface area contributed by atoms with Gasteiger partial charge in [-0.05, 0) is 41.4 Å². The second kappa shape index (κ2) is 9.60. The van der Waals surface area contributed by atoms with Gasteiger partial charge in [0, 0.05) is 42.8 Å². The number of hydrogen-bond donors (Lipinski definition) is 0. The Kier molecular flexibility index (Phi) is 6.65. The van der Waals surface area contributed by atoms with E-state index in [-0.39, 0.29) is 5.28 Å². The van der Waals surface area contributed by atoms with Crippen molar-refractivity contribution in [1.82, 2.24) is 19.8 Å². The summed E-state index contributed by atoms with van der Waals surface area (Å²) in [5, 5.41) is 0.192. The zero-order valence-corrected chi connectivity index (χ0v) is 18.7. The summed E-state index contributed by atoms with van der Waals surface area (Å²) in [6.45, 7) is 1.76. The number of hydrogen-bond acceptors (Lipinski definition) is 5. The van der Waals surface area contributed by atoms with Gasteiger partial charge in [0.2, 0.25) is 5.28 Å². The Morgan fingerprint density at radius 2 is 1.71 bits per heavy atom. The maximum absolute atomic E-state index is 12.6.